The van der Waals surface area contributed by atoms with Crippen molar-refractivity contribution in [2.24, 2.45) is 0 Å². The van der Waals surface area contributed by atoms with Crippen LogP contribution >= 0.6 is 7.82 Å². The second-order valence-electron chi connectivity index (χ2n) is 7.78. The second kappa shape index (κ2) is 20.4. The van der Waals surface area contributed by atoms with Crippen molar-refractivity contribution in [1.29, 1.82) is 0 Å². The van der Waals surface area contributed by atoms with Gasteiger partial charge in [-0.15, -0.1) is 0 Å². The quantitative estimate of drug-likeness (QED) is 0.144. The summed E-state index contributed by atoms with van der Waals surface area (Å²) >= 11 is 0. The Bertz CT molecular complexity index is 451. The molecule has 1 amide bonds. The number of aliphatic hydroxyl groups excluding tert-OH is 2. The molecule has 0 aliphatic carbocycles. The van der Waals surface area contributed by atoms with Crippen LogP contribution in [0.5, 0.6) is 0 Å². The molecule has 0 fully saturated rings. The summed E-state index contributed by atoms with van der Waals surface area (Å²) in [6.07, 6.45) is 15.5. The zero-order valence-electron chi connectivity index (χ0n) is 18.7. The van der Waals surface area contributed by atoms with Gasteiger partial charge >= 0.3 is 7.82 Å². The Balaban J connectivity index is 3.41. The van der Waals surface area contributed by atoms with Crippen LogP contribution in [0.1, 0.15) is 96.8 Å². The molecular weight excluding hydrogens is 409 g/mol. The fraction of sp³-hybridized carbons (Fsp3) is 0.952. The van der Waals surface area contributed by atoms with Gasteiger partial charge in [-0.25, -0.2) is 4.57 Å². The van der Waals surface area contributed by atoms with Gasteiger partial charge in [-0.2, -0.15) is 0 Å². The molecule has 8 nitrogen and oxygen atoms in total. The zero-order chi connectivity index (χ0) is 22.5. The van der Waals surface area contributed by atoms with Crippen molar-refractivity contribution in [1.82, 2.24) is 5.32 Å². The first kappa shape index (κ1) is 29.5. The van der Waals surface area contributed by atoms with E-state index in [1.54, 1.807) is 0 Å². The fourth-order valence-corrected chi connectivity index (χ4v) is 3.77. The SMILES string of the molecule is CCCCCCCCCCCCCCCC(=O)NCCOP(=O)(O)OCC(O)CO. The molecule has 0 aliphatic rings. The third-order valence-electron chi connectivity index (χ3n) is 4.83. The lowest BCUT2D eigenvalue weighted by Gasteiger charge is -2.14. The van der Waals surface area contributed by atoms with E-state index < -0.39 is 27.1 Å². The minimum atomic E-state index is -4.29. The Morgan fingerprint density at radius 3 is 1.90 bits per heavy atom. The van der Waals surface area contributed by atoms with Crippen LogP contribution < -0.4 is 5.32 Å². The number of hydrogen-bond donors (Lipinski definition) is 4. The molecule has 0 aromatic heterocycles. The molecule has 0 aromatic rings. The van der Waals surface area contributed by atoms with E-state index in [2.05, 4.69) is 21.3 Å². The molecular formula is C21H44NO7P. The minimum absolute atomic E-state index is 0.105. The van der Waals surface area contributed by atoms with E-state index in [1.165, 1.54) is 64.2 Å². The highest BCUT2D eigenvalue weighted by Gasteiger charge is 2.22. The number of phosphoric acid groups is 1. The summed E-state index contributed by atoms with van der Waals surface area (Å²) in [6.45, 7) is 1.10. The van der Waals surface area contributed by atoms with Gasteiger partial charge < -0.3 is 20.4 Å². The van der Waals surface area contributed by atoms with Crippen LogP contribution in [0.25, 0.3) is 0 Å². The van der Waals surface area contributed by atoms with E-state index in [9.17, 15) is 14.3 Å². The number of carbonyl (C=O) groups is 1. The van der Waals surface area contributed by atoms with Gasteiger partial charge in [0.2, 0.25) is 5.91 Å². The molecule has 9 heteroatoms. The molecule has 0 saturated heterocycles. The van der Waals surface area contributed by atoms with E-state index in [1.807, 2.05) is 0 Å². The highest BCUT2D eigenvalue weighted by molar-refractivity contribution is 7.47. The van der Waals surface area contributed by atoms with Crippen LogP contribution in [0, 0.1) is 0 Å². The van der Waals surface area contributed by atoms with E-state index in [4.69, 9.17) is 10.2 Å². The lowest BCUT2D eigenvalue weighted by atomic mass is 10.0. The van der Waals surface area contributed by atoms with Crippen LogP contribution in [0.2, 0.25) is 0 Å². The summed E-state index contributed by atoms with van der Waals surface area (Å²) in [5, 5.41) is 20.3. The van der Waals surface area contributed by atoms with Crippen molar-refractivity contribution < 1.29 is 33.5 Å². The number of carbonyl (C=O) groups excluding carboxylic acids is 1. The van der Waals surface area contributed by atoms with Gasteiger partial charge in [0.15, 0.2) is 0 Å². The maximum absolute atomic E-state index is 11.7. The predicted molar refractivity (Wildman–Crippen MR) is 118 cm³/mol. The zero-order valence-corrected chi connectivity index (χ0v) is 19.6. The molecule has 0 aliphatic heterocycles. The van der Waals surface area contributed by atoms with E-state index >= 15 is 0 Å². The van der Waals surface area contributed by atoms with Gasteiger partial charge in [0.05, 0.1) is 19.8 Å². The normalized spacial score (nSPS) is 14.4. The summed E-state index contributed by atoms with van der Waals surface area (Å²) in [5.41, 5.74) is 0. The van der Waals surface area contributed by atoms with Crippen LogP contribution in [-0.2, 0) is 18.4 Å². The fourth-order valence-electron chi connectivity index (χ4n) is 3.01. The summed E-state index contributed by atoms with van der Waals surface area (Å²) in [4.78, 5) is 21.1. The molecule has 0 heterocycles. The molecule has 0 bridgehead atoms. The molecule has 0 rings (SSSR count). The van der Waals surface area contributed by atoms with Crippen LogP contribution in [-0.4, -0.2) is 53.5 Å². The topological polar surface area (TPSA) is 125 Å². The Labute approximate surface area is 182 Å². The number of unbranched alkanes of at least 4 members (excludes halogenated alkanes) is 12. The highest BCUT2D eigenvalue weighted by Crippen LogP contribution is 2.42. The van der Waals surface area contributed by atoms with Crippen LogP contribution in [0.3, 0.4) is 0 Å². The smallest absolute Gasteiger partial charge is 0.394 e. The minimum Gasteiger partial charge on any atom is -0.394 e. The predicted octanol–water partition coefficient (Wildman–Crippen LogP) is 4.07. The number of aliphatic hydroxyl groups is 2. The second-order valence-corrected chi connectivity index (χ2v) is 9.23. The molecule has 30 heavy (non-hydrogen) atoms. The summed E-state index contributed by atoms with van der Waals surface area (Å²) in [7, 11) is -4.29. The first-order chi connectivity index (χ1) is 14.4. The molecule has 0 saturated carbocycles. The number of rotatable bonds is 22. The van der Waals surface area contributed by atoms with Gasteiger partial charge in [-0.05, 0) is 6.42 Å². The molecule has 0 spiro atoms. The third kappa shape index (κ3) is 20.8. The van der Waals surface area contributed by atoms with E-state index in [-0.39, 0.29) is 19.1 Å². The Morgan fingerprint density at radius 1 is 0.900 bits per heavy atom. The third-order valence-corrected chi connectivity index (χ3v) is 5.81. The van der Waals surface area contributed by atoms with Gasteiger partial charge in [0.1, 0.15) is 6.10 Å². The average Bonchev–Trinajstić information content (AvgIpc) is 2.73. The molecule has 180 valence electrons. The van der Waals surface area contributed by atoms with Gasteiger partial charge in [-0.1, -0.05) is 84.0 Å². The molecule has 4 N–H and O–H groups in total. The number of nitrogens with one attached hydrogen (secondary N) is 1. The Morgan fingerprint density at radius 2 is 1.40 bits per heavy atom. The highest BCUT2D eigenvalue weighted by atomic mass is 31.2. The van der Waals surface area contributed by atoms with E-state index in [0.29, 0.717) is 6.42 Å². The Hall–Kier alpha value is -0.500. The first-order valence-corrected chi connectivity index (χ1v) is 13.1. The molecule has 2 atom stereocenters. The van der Waals surface area contributed by atoms with Crippen molar-refractivity contribution in [2.45, 2.75) is 103 Å². The molecule has 2 unspecified atom stereocenters. The van der Waals surface area contributed by atoms with Crippen molar-refractivity contribution in [3.05, 3.63) is 0 Å². The van der Waals surface area contributed by atoms with Gasteiger partial charge in [-0.3, -0.25) is 13.8 Å². The maximum atomic E-state index is 11.7. The van der Waals surface area contributed by atoms with Crippen molar-refractivity contribution in [3.63, 3.8) is 0 Å². The lowest BCUT2D eigenvalue weighted by molar-refractivity contribution is -0.121. The van der Waals surface area contributed by atoms with Crippen molar-refractivity contribution in [2.75, 3.05) is 26.4 Å². The standard InChI is InChI=1S/C21H44NO7P/c1-2-3-4-5-6-7-8-9-10-11-12-13-14-15-21(25)22-16-17-28-30(26,27)29-19-20(24)18-23/h20,23-24H,2-19H2,1H3,(H,22,25)(H,26,27). The average molecular weight is 454 g/mol. The molecule has 0 aromatic carbocycles. The number of amides is 1. The largest absolute Gasteiger partial charge is 0.472 e. The number of hydrogen-bond acceptors (Lipinski definition) is 6. The van der Waals surface area contributed by atoms with Crippen LogP contribution in [0.15, 0.2) is 0 Å². The molecule has 0 radical (unpaired) electrons. The monoisotopic (exact) mass is 453 g/mol. The van der Waals surface area contributed by atoms with E-state index in [0.717, 1.165) is 19.3 Å². The Kier molecular flexibility index (Phi) is 20.1. The van der Waals surface area contributed by atoms with Gasteiger partial charge in [0, 0.05) is 13.0 Å². The number of phosphoric ester groups is 1. The summed E-state index contributed by atoms with van der Waals surface area (Å²) in [6, 6.07) is 0. The van der Waals surface area contributed by atoms with Gasteiger partial charge in [0.25, 0.3) is 0 Å². The maximum Gasteiger partial charge on any atom is 0.472 e. The van der Waals surface area contributed by atoms with Crippen LogP contribution in [0.4, 0.5) is 0 Å². The van der Waals surface area contributed by atoms with Crippen molar-refractivity contribution in [3.8, 4) is 0 Å². The van der Waals surface area contributed by atoms with Crippen molar-refractivity contribution >= 4 is 13.7 Å². The summed E-state index contributed by atoms with van der Waals surface area (Å²) in [5.74, 6) is -0.105. The lowest BCUT2D eigenvalue weighted by Crippen LogP contribution is -2.27. The summed E-state index contributed by atoms with van der Waals surface area (Å²) < 4.78 is 20.7. The first-order valence-electron chi connectivity index (χ1n) is 11.6.